The summed E-state index contributed by atoms with van der Waals surface area (Å²) in [5.41, 5.74) is 8.53. The second-order valence-corrected chi connectivity index (χ2v) is 10.0. The summed E-state index contributed by atoms with van der Waals surface area (Å²) in [7, 11) is 0. The molecule has 0 unspecified atom stereocenters. The molecule has 3 saturated heterocycles. The molecule has 0 spiro atoms. The van der Waals surface area contributed by atoms with Crippen LogP contribution in [0.1, 0.15) is 31.7 Å². The number of piperidine rings is 2. The highest BCUT2D eigenvalue weighted by Crippen LogP contribution is 2.59. The molecule has 0 radical (unpaired) electrons. The first-order valence-electron chi connectivity index (χ1n) is 12.3. The number of ketones is 1. The van der Waals surface area contributed by atoms with Crippen LogP contribution in [0.15, 0.2) is 73.6 Å². The van der Waals surface area contributed by atoms with Gasteiger partial charge in [-0.15, -0.1) is 0 Å². The topological polar surface area (TPSA) is 99.2 Å². The number of fused-ring (bicyclic) bond motifs is 1. The van der Waals surface area contributed by atoms with E-state index in [-0.39, 0.29) is 17.4 Å². The van der Waals surface area contributed by atoms with Gasteiger partial charge in [-0.25, -0.2) is 14.6 Å². The number of hydrogen-bond donors (Lipinski definition) is 1. The molecule has 2 N–H and O–H groups in total. The lowest BCUT2D eigenvalue weighted by molar-refractivity contribution is -0.219. The van der Waals surface area contributed by atoms with Crippen LogP contribution in [-0.2, 0) is 4.79 Å². The first-order chi connectivity index (χ1) is 17.6. The van der Waals surface area contributed by atoms with Crippen molar-refractivity contribution in [3.05, 3.63) is 73.6 Å². The minimum Gasteiger partial charge on any atom is -0.457 e. The third kappa shape index (κ3) is 2.97. The van der Waals surface area contributed by atoms with E-state index < -0.39 is 0 Å². The van der Waals surface area contributed by atoms with Crippen molar-refractivity contribution >= 4 is 22.6 Å². The van der Waals surface area contributed by atoms with Crippen LogP contribution in [0.2, 0.25) is 0 Å². The van der Waals surface area contributed by atoms with Gasteiger partial charge in [-0.1, -0.05) is 24.8 Å². The zero-order valence-electron chi connectivity index (χ0n) is 19.7. The third-order valence-electron chi connectivity index (χ3n) is 8.13. The lowest BCUT2D eigenvalue weighted by Gasteiger charge is -2.72. The van der Waals surface area contributed by atoms with Crippen molar-refractivity contribution in [3.8, 4) is 22.8 Å². The lowest BCUT2D eigenvalue weighted by atomic mass is 9.57. The highest BCUT2D eigenvalue weighted by atomic mass is 16.5. The molecule has 7 rings (SSSR count). The van der Waals surface area contributed by atoms with Gasteiger partial charge < -0.3 is 10.5 Å². The number of nitrogens with zero attached hydrogens (tertiary/aromatic N) is 5. The van der Waals surface area contributed by atoms with Gasteiger partial charge in [-0.2, -0.15) is 5.10 Å². The van der Waals surface area contributed by atoms with E-state index in [1.807, 2.05) is 59.3 Å². The number of rotatable bonds is 6. The molecule has 8 heteroatoms. The fraction of sp³-hybridized carbons (Fsp3) is 0.286. The van der Waals surface area contributed by atoms with Crippen LogP contribution in [0, 0.1) is 0 Å². The van der Waals surface area contributed by atoms with E-state index >= 15 is 0 Å². The lowest BCUT2D eigenvalue weighted by Crippen LogP contribution is -2.83. The van der Waals surface area contributed by atoms with Gasteiger partial charge in [0.2, 0.25) is 0 Å². The van der Waals surface area contributed by atoms with Crippen LogP contribution in [0.25, 0.3) is 22.3 Å². The number of benzene rings is 2. The smallest absolute Gasteiger partial charge is 0.175 e. The van der Waals surface area contributed by atoms with Crippen molar-refractivity contribution in [1.82, 2.24) is 24.6 Å². The van der Waals surface area contributed by atoms with Gasteiger partial charge in [0.25, 0.3) is 0 Å². The Bertz CT molecular complexity index is 1480. The second kappa shape index (κ2) is 7.73. The van der Waals surface area contributed by atoms with Crippen LogP contribution < -0.4 is 10.5 Å². The van der Waals surface area contributed by atoms with Crippen molar-refractivity contribution in [2.75, 3.05) is 5.73 Å². The number of anilines is 1. The Balaban J connectivity index is 1.20. The standard InChI is InChI=1S/C28H26N6O2/c1-2-23(35)28-14-19-12-18(13-20(15-28)33(19)28)34-27-24(26(29)30-16-31-27)25(32-34)17-8-10-22(11-9-17)36-21-6-4-3-5-7-21/h2-11,16,18-20H,1,12-15H2,(H2,29,30,31)/t18?,19-,20-,28?/m0/s1. The molecule has 0 bridgehead atoms. The molecular formula is C28H26N6O2. The van der Waals surface area contributed by atoms with Crippen molar-refractivity contribution in [2.24, 2.45) is 0 Å². The molecular weight excluding hydrogens is 452 g/mol. The summed E-state index contributed by atoms with van der Waals surface area (Å²) in [6, 6.07) is 18.5. The van der Waals surface area contributed by atoms with Gasteiger partial charge in [-0.3, -0.25) is 9.69 Å². The van der Waals surface area contributed by atoms with Crippen LogP contribution in [0.5, 0.6) is 11.5 Å². The second-order valence-electron chi connectivity index (χ2n) is 10.0. The Hall–Kier alpha value is -4.04. The maximum Gasteiger partial charge on any atom is 0.175 e. The van der Waals surface area contributed by atoms with E-state index in [4.69, 9.17) is 15.6 Å². The Kier molecular flexibility index (Phi) is 4.56. The number of carbonyl (C=O) groups is 1. The zero-order valence-corrected chi connectivity index (χ0v) is 19.7. The first kappa shape index (κ1) is 21.3. The number of nitrogens with two attached hydrogens (primary N) is 1. The molecule has 8 nitrogen and oxygen atoms in total. The van der Waals surface area contributed by atoms with Crippen molar-refractivity contribution in [2.45, 2.75) is 49.3 Å². The van der Waals surface area contributed by atoms with Gasteiger partial charge in [-0.05, 0) is 68.2 Å². The molecule has 2 aromatic heterocycles. The molecule has 4 aromatic rings. The van der Waals surface area contributed by atoms with E-state index in [1.54, 1.807) is 0 Å². The Morgan fingerprint density at radius 2 is 1.69 bits per heavy atom. The minimum atomic E-state index is -0.282. The molecule has 3 fully saturated rings. The number of aromatic nitrogens is 4. The number of hydrogen-bond acceptors (Lipinski definition) is 7. The molecule has 0 saturated carbocycles. The molecule has 5 heterocycles. The molecule has 2 aromatic carbocycles. The van der Waals surface area contributed by atoms with Crippen LogP contribution in [0.4, 0.5) is 5.82 Å². The Labute approximate surface area is 208 Å². The number of ether oxygens (including phenoxy) is 1. The average Bonchev–Trinajstić information content (AvgIpc) is 3.26. The SMILES string of the molecule is C=CC(=O)C12C[C@@H]3CC(n4nc(-c5ccc(Oc6ccccc6)cc5)c5c(N)ncnc54)C[C@@H](C1)N32. The Morgan fingerprint density at radius 3 is 2.39 bits per heavy atom. The van der Waals surface area contributed by atoms with Crippen LogP contribution in [-0.4, -0.2) is 48.1 Å². The third-order valence-corrected chi connectivity index (χ3v) is 8.13. The van der Waals surface area contributed by atoms with Gasteiger partial charge in [0, 0.05) is 17.6 Å². The predicted molar refractivity (Wildman–Crippen MR) is 137 cm³/mol. The minimum absolute atomic E-state index is 0.167. The summed E-state index contributed by atoms with van der Waals surface area (Å²) in [5.74, 6) is 2.12. The molecule has 180 valence electrons. The first-order valence-corrected chi connectivity index (χ1v) is 12.3. The number of para-hydroxylation sites is 1. The summed E-state index contributed by atoms with van der Waals surface area (Å²) < 4.78 is 7.99. The quantitative estimate of drug-likeness (QED) is 0.406. The Morgan fingerprint density at radius 1 is 1.00 bits per heavy atom. The highest BCUT2D eigenvalue weighted by Gasteiger charge is 2.68. The van der Waals surface area contributed by atoms with Gasteiger partial charge in [0.05, 0.1) is 17.0 Å². The van der Waals surface area contributed by atoms with Crippen LogP contribution in [0.3, 0.4) is 0 Å². The molecule has 36 heavy (non-hydrogen) atoms. The van der Waals surface area contributed by atoms with E-state index in [0.29, 0.717) is 17.9 Å². The summed E-state index contributed by atoms with van der Waals surface area (Å²) in [4.78, 5) is 23.7. The fourth-order valence-electron chi connectivity index (χ4n) is 6.64. The molecule has 0 amide bonds. The fourth-order valence-corrected chi connectivity index (χ4v) is 6.64. The normalized spacial score (nSPS) is 26.5. The molecule has 0 aliphatic carbocycles. The average molecular weight is 479 g/mol. The molecule has 2 atom stereocenters. The van der Waals surface area contributed by atoms with Crippen molar-refractivity contribution in [1.29, 1.82) is 0 Å². The maximum atomic E-state index is 12.4. The molecule has 3 aliphatic heterocycles. The predicted octanol–water partition coefficient (Wildman–Crippen LogP) is 4.54. The van der Waals surface area contributed by atoms with Gasteiger partial charge >= 0.3 is 0 Å². The summed E-state index contributed by atoms with van der Waals surface area (Å²) in [5, 5.41) is 5.83. The van der Waals surface area contributed by atoms with Gasteiger partial charge in [0.15, 0.2) is 11.4 Å². The van der Waals surface area contributed by atoms with Crippen molar-refractivity contribution < 1.29 is 9.53 Å². The van der Waals surface area contributed by atoms with Crippen molar-refractivity contribution in [3.63, 3.8) is 0 Å². The van der Waals surface area contributed by atoms with E-state index in [1.165, 1.54) is 12.4 Å². The zero-order chi connectivity index (χ0) is 24.4. The summed E-state index contributed by atoms with van der Waals surface area (Å²) in [6.45, 7) is 3.71. The van der Waals surface area contributed by atoms with E-state index in [2.05, 4.69) is 21.4 Å². The largest absolute Gasteiger partial charge is 0.457 e. The van der Waals surface area contributed by atoms with Crippen LogP contribution >= 0.6 is 0 Å². The van der Waals surface area contributed by atoms with E-state index in [0.717, 1.165) is 59.5 Å². The highest BCUT2D eigenvalue weighted by molar-refractivity contribution is 6.00. The summed E-state index contributed by atoms with van der Waals surface area (Å²) >= 11 is 0. The van der Waals surface area contributed by atoms with E-state index in [9.17, 15) is 4.79 Å². The number of carbonyl (C=O) groups excluding carboxylic acids is 1. The molecule has 3 aliphatic rings. The maximum absolute atomic E-state index is 12.4. The summed E-state index contributed by atoms with van der Waals surface area (Å²) in [6.07, 6.45) is 6.67. The monoisotopic (exact) mass is 478 g/mol. The number of nitrogen functional groups attached to an aromatic ring is 1. The van der Waals surface area contributed by atoms with Gasteiger partial charge in [0.1, 0.15) is 29.3 Å².